The second kappa shape index (κ2) is 7.18. The molecule has 1 amide bonds. The molecule has 5 heteroatoms. The minimum Gasteiger partial charge on any atom is -0.368 e. The Morgan fingerprint density at radius 2 is 1.95 bits per heavy atom. The molecule has 0 heterocycles. The summed E-state index contributed by atoms with van der Waals surface area (Å²) in [5.74, 6) is -0.945. The maximum atomic E-state index is 14.0. The lowest BCUT2D eigenvalue weighted by atomic mass is 10.0. The lowest BCUT2D eigenvalue weighted by molar-refractivity contribution is -0.120. The molecule has 20 heavy (non-hydrogen) atoms. The summed E-state index contributed by atoms with van der Waals surface area (Å²) < 4.78 is 14.7. The summed E-state index contributed by atoms with van der Waals surface area (Å²) in [4.78, 5) is 11.7. The van der Waals surface area contributed by atoms with Gasteiger partial charge in [0, 0.05) is 16.1 Å². The summed E-state index contributed by atoms with van der Waals surface area (Å²) in [5.41, 5.74) is 5.78. The number of hydrogen-bond acceptors (Lipinski definition) is 2. The Morgan fingerprint density at radius 1 is 1.30 bits per heavy atom. The van der Waals surface area contributed by atoms with Gasteiger partial charge in [0.15, 0.2) is 0 Å². The Hall–Kier alpha value is -0.940. The highest BCUT2D eigenvalue weighted by Gasteiger charge is 2.25. The predicted molar refractivity (Wildman–Crippen MR) is 80.7 cm³/mol. The maximum absolute atomic E-state index is 14.0. The molecule has 0 saturated heterocycles. The van der Waals surface area contributed by atoms with Gasteiger partial charge in [0.2, 0.25) is 5.91 Å². The smallest absolute Gasteiger partial charge is 0.239 e. The van der Waals surface area contributed by atoms with Gasteiger partial charge < -0.3 is 5.73 Å². The van der Waals surface area contributed by atoms with Crippen molar-refractivity contribution < 1.29 is 9.18 Å². The third-order valence-electron chi connectivity index (χ3n) is 3.82. The summed E-state index contributed by atoms with van der Waals surface area (Å²) in [6.45, 7) is 0. The predicted octanol–water partition coefficient (Wildman–Crippen LogP) is 3.43. The summed E-state index contributed by atoms with van der Waals surface area (Å²) >= 11 is 3.21. The second-order valence-electron chi connectivity index (χ2n) is 5.36. The quantitative estimate of drug-likeness (QED) is 0.823. The molecule has 1 aliphatic carbocycles. The number of benzene rings is 1. The van der Waals surface area contributed by atoms with Crippen molar-refractivity contribution in [3.63, 3.8) is 0 Å². The third-order valence-corrected chi connectivity index (χ3v) is 4.31. The van der Waals surface area contributed by atoms with Crippen LogP contribution in [-0.2, 0) is 4.79 Å². The van der Waals surface area contributed by atoms with Crippen LogP contribution in [-0.4, -0.2) is 11.9 Å². The maximum Gasteiger partial charge on any atom is 0.239 e. The standard InChI is InChI=1S/C15H20BrFN2O/c16-10-7-8-12(13(17)9-10)14(15(18)20)19-11-5-3-1-2-4-6-11/h7-9,11,14,19H,1-6H2,(H2,18,20). The van der Waals surface area contributed by atoms with Gasteiger partial charge in [-0.3, -0.25) is 10.1 Å². The third kappa shape index (κ3) is 4.03. The van der Waals surface area contributed by atoms with E-state index < -0.39 is 17.8 Å². The van der Waals surface area contributed by atoms with Crippen molar-refractivity contribution in [1.29, 1.82) is 0 Å². The van der Waals surface area contributed by atoms with Gasteiger partial charge in [-0.05, 0) is 25.0 Å². The van der Waals surface area contributed by atoms with E-state index in [9.17, 15) is 9.18 Å². The molecule has 3 N–H and O–H groups in total. The first-order valence-corrected chi connectivity index (χ1v) is 7.87. The van der Waals surface area contributed by atoms with Gasteiger partial charge in [-0.15, -0.1) is 0 Å². The Labute approximate surface area is 127 Å². The van der Waals surface area contributed by atoms with E-state index in [1.165, 1.54) is 18.9 Å². The van der Waals surface area contributed by atoms with Crippen molar-refractivity contribution in [1.82, 2.24) is 5.32 Å². The molecule has 1 aliphatic rings. The zero-order valence-electron chi connectivity index (χ0n) is 11.4. The Morgan fingerprint density at radius 3 is 2.50 bits per heavy atom. The van der Waals surface area contributed by atoms with Crippen LogP contribution in [0.1, 0.15) is 50.1 Å². The lowest BCUT2D eigenvalue weighted by Crippen LogP contribution is -2.40. The second-order valence-corrected chi connectivity index (χ2v) is 6.27. The van der Waals surface area contributed by atoms with E-state index in [4.69, 9.17) is 5.73 Å². The fourth-order valence-electron chi connectivity index (χ4n) is 2.74. The number of nitrogens with one attached hydrogen (secondary N) is 1. The summed E-state index contributed by atoms with van der Waals surface area (Å²) in [6.07, 6.45) is 6.78. The molecule has 1 unspecified atom stereocenters. The number of rotatable bonds is 4. The summed E-state index contributed by atoms with van der Waals surface area (Å²) in [5, 5.41) is 3.24. The molecule has 1 aromatic carbocycles. The van der Waals surface area contributed by atoms with Crippen LogP contribution >= 0.6 is 15.9 Å². The van der Waals surface area contributed by atoms with Crippen LogP contribution in [0, 0.1) is 5.82 Å². The molecule has 110 valence electrons. The minimum atomic E-state index is -0.758. The molecule has 0 aliphatic heterocycles. The molecular weight excluding hydrogens is 323 g/mol. The van der Waals surface area contributed by atoms with Crippen molar-refractivity contribution in [2.45, 2.75) is 50.6 Å². The number of amides is 1. The number of carbonyl (C=O) groups excluding carboxylic acids is 1. The number of halogens is 2. The van der Waals surface area contributed by atoms with E-state index >= 15 is 0 Å². The molecule has 1 atom stereocenters. The number of primary amides is 1. The number of carbonyl (C=O) groups is 1. The molecule has 1 aromatic rings. The molecule has 0 bridgehead atoms. The monoisotopic (exact) mass is 342 g/mol. The first-order valence-electron chi connectivity index (χ1n) is 7.08. The van der Waals surface area contributed by atoms with Crippen molar-refractivity contribution >= 4 is 21.8 Å². The fourth-order valence-corrected chi connectivity index (χ4v) is 3.08. The number of nitrogens with two attached hydrogens (primary N) is 1. The number of hydrogen-bond donors (Lipinski definition) is 2. The molecule has 0 aromatic heterocycles. The molecule has 2 rings (SSSR count). The molecule has 1 saturated carbocycles. The lowest BCUT2D eigenvalue weighted by Gasteiger charge is -2.23. The highest BCUT2D eigenvalue weighted by Crippen LogP contribution is 2.24. The first kappa shape index (κ1) is 15.4. The highest BCUT2D eigenvalue weighted by atomic mass is 79.9. The highest BCUT2D eigenvalue weighted by molar-refractivity contribution is 9.10. The van der Waals surface area contributed by atoms with Crippen LogP contribution in [0.2, 0.25) is 0 Å². The summed E-state index contributed by atoms with van der Waals surface area (Å²) in [6, 6.07) is 4.17. The molecule has 3 nitrogen and oxygen atoms in total. The normalized spacial score (nSPS) is 18.5. The largest absolute Gasteiger partial charge is 0.368 e. The molecular formula is C15H20BrFN2O. The van der Waals surface area contributed by atoms with Crippen molar-refractivity contribution in [2.75, 3.05) is 0 Å². The van der Waals surface area contributed by atoms with Gasteiger partial charge in [-0.2, -0.15) is 0 Å². The first-order chi connectivity index (χ1) is 9.58. The van der Waals surface area contributed by atoms with E-state index in [0.717, 1.165) is 25.7 Å². The van der Waals surface area contributed by atoms with Crippen molar-refractivity contribution in [2.24, 2.45) is 5.73 Å². The molecule has 0 spiro atoms. The van der Waals surface area contributed by atoms with Gasteiger partial charge in [-0.1, -0.05) is 47.7 Å². The van der Waals surface area contributed by atoms with E-state index in [1.807, 2.05) is 0 Å². The van der Waals surface area contributed by atoms with Crippen molar-refractivity contribution in [3.05, 3.63) is 34.1 Å². The Balaban J connectivity index is 2.15. The minimum absolute atomic E-state index is 0.234. The van der Waals surface area contributed by atoms with Gasteiger partial charge in [0.1, 0.15) is 11.9 Å². The Bertz CT molecular complexity index is 473. The average Bonchev–Trinajstić information content (AvgIpc) is 2.65. The van der Waals surface area contributed by atoms with Crippen molar-refractivity contribution in [3.8, 4) is 0 Å². The van der Waals surface area contributed by atoms with Crippen LogP contribution in [0.15, 0.2) is 22.7 Å². The van der Waals surface area contributed by atoms with E-state index in [1.54, 1.807) is 12.1 Å². The van der Waals surface area contributed by atoms with Gasteiger partial charge in [-0.25, -0.2) is 4.39 Å². The van der Waals surface area contributed by atoms with Crippen LogP contribution in [0.25, 0.3) is 0 Å². The van der Waals surface area contributed by atoms with E-state index in [0.29, 0.717) is 10.0 Å². The SMILES string of the molecule is NC(=O)C(NC1CCCCCC1)c1ccc(Br)cc1F. The zero-order chi connectivity index (χ0) is 14.5. The van der Waals surface area contributed by atoms with Crippen LogP contribution in [0.3, 0.4) is 0 Å². The van der Waals surface area contributed by atoms with Crippen LogP contribution < -0.4 is 11.1 Å². The topological polar surface area (TPSA) is 55.1 Å². The van der Waals surface area contributed by atoms with E-state index in [-0.39, 0.29) is 6.04 Å². The average molecular weight is 343 g/mol. The molecule has 0 radical (unpaired) electrons. The summed E-state index contributed by atoms with van der Waals surface area (Å²) in [7, 11) is 0. The van der Waals surface area contributed by atoms with Crippen LogP contribution in [0.5, 0.6) is 0 Å². The molecule has 1 fully saturated rings. The van der Waals surface area contributed by atoms with Gasteiger partial charge in [0.05, 0.1) is 0 Å². The van der Waals surface area contributed by atoms with E-state index in [2.05, 4.69) is 21.2 Å². The van der Waals surface area contributed by atoms with Gasteiger partial charge >= 0.3 is 0 Å². The Kier molecular flexibility index (Phi) is 5.54. The van der Waals surface area contributed by atoms with Crippen LogP contribution in [0.4, 0.5) is 4.39 Å². The van der Waals surface area contributed by atoms with Gasteiger partial charge in [0.25, 0.3) is 0 Å². The zero-order valence-corrected chi connectivity index (χ0v) is 13.0. The fraction of sp³-hybridized carbons (Fsp3) is 0.533.